The van der Waals surface area contributed by atoms with Crippen molar-refractivity contribution in [2.45, 2.75) is 18.0 Å². The number of rotatable bonds is 4. The van der Waals surface area contributed by atoms with Gasteiger partial charge in [0.1, 0.15) is 0 Å². The SMILES string of the molecule is CCN(C)S(=O)(=O)c1ccc(-c2nc(C(F)(F)F)no2)cc1. The fraction of sp³-hybridized carbons (Fsp3) is 0.333. The zero-order chi connectivity index (χ0) is 16.5. The topological polar surface area (TPSA) is 76.3 Å². The third-order valence-corrected chi connectivity index (χ3v) is 4.88. The van der Waals surface area contributed by atoms with E-state index in [0.717, 1.165) is 4.31 Å². The molecule has 6 nitrogen and oxygen atoms in total. The number of hydrogen-bond donors (Lipinski definition) is 0. The van der Waals surface area contributed by atoms with Crippen LogP contribution in [0.25, 0.3) is 11.5 Å². The van der Waals surface area contributed by atoms with Crippen molar-refractivity contribution in [3.8, 4) is 11.5 Å². The van der Waals surface area contributed by atoms with E-state index in [4.69, 9.17) is 0 Å². The highest BCUT2D eigenvalue weighted by Crippen LogP contribution is 2.29. The Hall–Kier alpha value is -1.94. The van der Waals surface area contributed by atoms with Crippen LogP contribution >= 0.6 is 0 Å². The van der Waals surface area contributed by atoms with Crippen molar-refractivity contribution in [2.75, 3.05) is 13.6 Å². The lowest BCUT2D eigenvalue weighted by atomic mass is 10.2. The molecule has 0 saturated heterocycles. The van der Waals surface area contributed by atoms with Crippen LogP contribution in [0.4, 0.5) is 13.2 Å². The molecule has 0 aliphatic rings. The van der Waals surface area contributed by atoms with Crippen LogP contribution in [0.15, 0.2) is 33.7 Å². The molecule has 0 saturated carbocycles. The van der Waals surface area contributed by atoms with E-state index in [0.29, 0.717) is 6.54 Å². The highest BCUT2D eigenvalue weighted by atomic mass is 32.2. The van der Waals surface area contributed by atoms with Gasteiger partial charge in [0.2, 0.25) is 10.0 Å². The first-order valence-electron chi connectivity index (χ1n) is 6.14. The van der Waals surface area contributed by atoms with E-state index >= 15 is 0 Å². The average molecular weight is 335 g/mol. The predicted molar refractivity (Wildman–Crippen MR) is 70.2 cm³/mol. The molecular weight excluding hydrogens is 323 g/mol. The van der Waals surface area contributed by atoms with Crippen molar-refractivity contribution in [3.63, 3.8) is 0 Å². The molecule has 0 aliphatic carbocycles. The summed E-state index contributed by atoms with van der Waals surface area (Å²) in [6.07, 6.45) is -4.70. The lowest BCUT2D eigenvalue weighted by Gasteiger charge is -2.14. The quantitative estimate of drug-likeness (QED) is 0.857. The van der Waals surface area contributed by atoms with Crippen molar-refractivity contribution >= 4 is 10.0 Å². The van der Waals surface area contributed by atoms with Crippen LogP contribution in [0.2, 0.25) is 0 Å². The third-order valence-electron chi connectivity index (χ3n) is 2.93. The number of halogens is 3. The molecule has 0 unspecified atom stereocenters. The minimum Gasteiger partial charge on any atom is -0.334 e. The van der Waals surface area contributed by atoms with Gasteiger partial charge in [0, 0.05) is 19.2 Å². The average Bonchev–Trinajstić information content (AvgIpc) is 2.96. The smallest absolute Gasteiger partial charge is 0.334 e. The molecule has 1 aromatic heterocycles. The first kappa shape index (κ1) is 16.4. The van der Waals surface area contributed by atoms with Gasteiger partial charge in [0.25, 0.3) is 11.7 Å². The van der Waals surface area contributed by atoms with Crippen LogP contribution in [0, 0.1) is 0 Å². The van der Waals surface area contributed by atoms with Gasteiger partial charge in [0.05, 0.1) is 4.90 Å². The molecule has 0 radical (unpaired) electrons. The summed E-state index contributed by atoms with van der Waals surface area (Å²) < 4.78 is 67.0. The number of sulfonamides is 1. The van der Waals surface area contributed by atoms with E-state index in [1.807, 2.05) is 0 Å². The molecule has 0 aliphatic heterocycles. The number of nitrogens with zero attached hydrogens (tertiary/aromatic N) is 3. The van der Waals surface area contributed by atoms with Crippen molar-refractivity contribution in [2.24, 2.45) is 0 Å². The second-order valence-corrected chi connectivity index (χ2v) is 6.41. The number of benzene rings is 1. The zero-order valence-electron chi connectivity index (χ0n) is 11.6. The van der Waals surface area contributed by atoms with Crippen LogP contribution in [0.1, 0.15) is 12.7 Å². The van der Waals surface area contributed by atoms with Gasteiger partial charge < -0.3 is 4.52 Å². The summed E-state index contributed by atoms with van der Waals surface area (Å²) >= 11 is 0. The van der Waals surface area contributed by atoms with E-state index in [-0.39, 0.29) is 16.3 Å². The molecule has 1 heterocycles. The Kier molecular flexibility index (Phi) is 4.25. The molecule has 1 aromatic carbocycles. The summed E-state index contributed by atoms with van der Waals surface area (Å²) in [6.45, 7) is 1.98. The van der Waals surface area contributed by atoms with Crippen molar-refractivity contribution in [3.05, 3.63) is 30.1 Å². The first-order chi connectivity index (χ1) is 10.2. The van der Waals surface area contributed by atoms with E-state index in [1.165, 1.54) is 31.3 Å². The summed E-state index contributed by atoms with van der Waals surface area (Å²) in [7, 11) is -2.19. The monoisotopic (exact) mass is 335 g/mol. The fourth-order valence-corrected chi connectivity index (χ4v) is 2.76. The van der Waals surface area contributed by atoms with Gasteiger partial charge in [-0.05, 0) is 24.3 Å². The van der Waals surface area contributed by atoms with Gasteiger partial charge >= 0.3 is 6.18 Å². The Morgan fingerprint density at radius 3 is 2.27 bits per heavy atom. The first-order valence-corrected chi connectivity index (χ1v) is 7.58. The highest BCUT2D eigenvalue weighted by Gasteiger charge is 2.37. The van der Waals surface area contributed by atoms with Crippen LogP contribution in [-0.4, -0.2) is 36.5 Å². The molecule has 0 amide bonds. The molecule has 10 heteroatoms. The summed E-state index contributed by atoms with van der Waals surface area (Å²) in [5.74, 6) is -1.72. The fourth-order valence-electron chi connectivity index (χ4n) is 1.58. The summed E-state index contributed by atoms with van der Waals surface area (Å²) in [6, 6.07) is 5.16. The summed E-state index contributed by atoms with van der Waals surface area (Å²) in [4.78, 5) is 3.26. The molecule has 0 N–H and O–H groups in total. The predicted octanol–water partition coefficient (Wildman–Crippen LogP) is 2.40. The van der Waals surface area contributed by atoms with E-state index in [9.17, 15) is 21.6 Å². The molecule has 120 valence electrons. The van der Waals surface area contributed by atoms with Crippen molar-refractivity contribution in [1.29, 1.82) is 0 Å². The molecule has 0 fully saturated rings. The Balaban J connectivity index is 2.32. The van der Waals surface area contributed by atoms with Crippen LogP contribution in [0.3, 0.4) is 0 Å². The molecule has 0 atom stereocenters. The van der Waals surface area contributed by atoms with E-state index < -0.39 is 22.0 Å². The molecule has 2 aromatic rings. The Labute approximate surface area is 124 Å². The second kappa shape index (κ2) is 5.69. The summed E-state index contributed by atoms with van der Waals surface area (Å²) in [5.41, 5.74) is 0.195. The van der Waals surface area contributed by atoms with Gasteiger partial charge in [-0.2, -0.15) is 18.2 Å². The largest absolute Gasteiger partial charge is 0.455 e. The van der Waals surface area contributed by atoms with E-state index in [2.05, 4.69) is 14.7 Å². The van der Waals surface area contributed by atoms with Gasteiger partial charge in [-0.1, -0.05) is 12.1 Å². The van der Waals surface area contributed by atoms with Crippen LogP contribution < -0.4 is 0 Å². The van der Waals surface area contributed by atoms with E-state index in [1.54, 1.807) is 6.92 Å². The normalized spacial score (nSPS) is 12.8. The number of alkyl halides is 3. The van der Waals surface area contributed by atoms with Gasteiger partial charge in [-0.15, -0.1) is 0 Å². The lowest BCUT2D eigenvalue weighted by Crippen LogP contribution is -2.26. The minimum atomic E-state index is -4.70. The Morgan fingerprint density at radius 1 is 1.23 bits per heavy atom. The second-order valence-electron chi connectivity index (χ2n) is 4.36. The highest BCUT2D eigenvalue weighted by molar-refractivity contribution is 7.89. The molecule has 22 heavy (non-hydrogen) atoms. The maximum Gasteiger partial charge on any atom is 0.455 e. The molecular formula is C12H12F3N3O3S. The molecule has 0 bridgehead atoms. The third kappa shape index (κ3) is 3.12. The standard InChI is InChI=1S/C12H12F3N3O3S/c1-3-18(2)22(19,20)9-6-4-8(5-7-9)10-16-11(17-21-10)12(13,14)15/h4-7H,3H2,1-2H3. The molecule has 2 rings (SSSR count). The lowest BCUT2D eigenvalue weighted by molar-refractivity contribution is -0.146. The van der Waals surface area contributed by atoms with Crippen LogP contribution in [0.5, 0.6) is 0 Å². The minimum absolute atomic E-state index is 0.0242. The molecule has 0 spiro atoms. The maximum absolute atomic E-state index is 12.4. The van der Waals surface area contributed by atoms with Crippen molar-refractivity contribution in [1.82, 2.24) is 14.4 Å². The summed E-state index contributed by atoms with van der Waals surface area (Å²) in [5, 5.41) is 2.84. The van der Waals surface area contributed by atoms with Gasteiger partial charge in [-0.3, -0.25) is 0 Å². The van der Waals surface area contributed by atoms with Gasteiger partial charge in [-0.25, -0.2) is 12.7 Å². The van der Waals surface area contributed by atoms with Gasteiger partial charge in [0.15, 0.2) is 0 Å². The zero-order valence-corrected chi connectivity index (χ0v) is 12.4. The van der Waals surface area contributed by atoms with Crippen LogP contribution in [-0.2, 0) is 16.2 Å². The number of hydrogen-bond acceptors (Lipinski definition) is 5. The number of aromatic nitrogens is 2. The van der Waals surface area contributed by atoms with Crippen molar-refractivity contribution < 1.29 is 26.1 Å². The maximum atomic E-state index is 12.4. The Morgan fingerprint density at radius 2 is 1.82 bits per heavy atom. The Bertz CT molecular complexity index is 754.